The van der Waals surface area contributed by atoms with E-state index in [0.29, 0.717) is 18.0 Å². The molecule has 0 bridgehead atoms. The summed E-state index contributed by atoms with van der Waals surface area (Å²) in [5.41, 5.74) is 0.707. The van der Waals surface area contributed by atoms with Crippen molar-refractivity contribution in [2.24, 2.45) is 0 Å². The number of thioether (sulfide) groups is 1. The summed E-state index contributed by atoms with van der Waals surface area (Å²) >= 11 is 7.85. The Balaban J connectivity index is 1.88. The molecule has 0 spiro atoms. The summed E-state index contributed by atoms with van der Waals surface area (Å²) in [6.07, 6.45) is 6.11. The van der Waals surface area contributed by atoms with Crippen LogP contribution in [0.4, 0.5) is 4.39 Å². The Labute approximate surface area is 124 Å². The summed E-state index contributed by atoms with van der Waals surface area (Å²) in [5.74, 6) is 0.767. The van der Waals surface area contributed by atoms with Crippen molar-refractivity contribution >= 4 is 23.4 Å². The number of rotatable bonds is 6. The van der Waals surface area contributed by atoms with Crippen molar-refractivity contribution in [3.63, 3.8) is 0 Å². The van der Waals surface area contributed by atoms with Gasteiger partial charge in [-0.2, -0.15) is 11.8 Å². The van der Waals surface area contributed by atoms with E-state index in [9.17, 15) is 4.39 Å². The fourth-order valence-corrected chi connectivity index (χ4v) is 4.17. The molecule has 1 aliphatic rings. The van der Waals surface area contributed by atoms with E-state index in [1.54, 1.807) is 6.07 Å². The molecule has 0 amide bonds. The average Bonchev–Trinajstić information content (AvgIpc) is 2.92. The van der Waals surface area contributed by atoms with Crippen LogP contribution in [-0.2, 0) is 6.42 Å². The third-order valence-electron chi connectivity index (χ3n) is 3.74. The number of halogens is 2. The SMILES string of the molecule is CNC(CSC1CCCC1)Cc1cccc(Cl)c1F. The van der Waals surface area contributed by atoms with Crippen molar-refractivity contribution in [3.8, 4) is 0 Å². The number of benzene rings is 1. The Bertz CT molecular complexity index is 407. The van der Waals surface area contributed by atoms with Crippen LogP contribution in [0.2, 0.25) is 5.02 Å². The molecule has 0 aliphatic heterocycles. The average molecular weight is 302 g/mol. The first kappa shape index (κ1) is 15.1. The van der Waals surface area contributed by atoms with Gasteiger partial charge in [-0.3, -0.25) is 0 Å². The molecule has 1 nitrogen and oxygen atoms in total. The molecule has 0 heterocycles. The molecular formula is C15H21ClFNS. The molecule has 1 aromatic rings. The van der Waals surface area contributed by atoms with Gasteiger partial charge in [0.05, 0.1) is 5.02 Å². The topological polar surface area (TPSA) is 12.0 Å². The monoisotopic (exact) mass is 301 g/mol. The Morgan fingerprint density at radius 3 is 2.84 bits per heavy atom. The lowest BCUT2D eigenvalue weighted by Gasteiger charge is -2.18. The molecule has 1 N–H and O–H groups in total. The van der Waals surface area contributed by atoms with E-state index < -0.39 is 0 Å². The van der Waals surface area contributed by atoms with Gasteiger partial charge >= 0.3 is 0 Å². The molecule has 1 atom stereocenters. The quantitative estimate of drug-likeness (QED) is 0.841. The minimum absolute atomic E-state index is 0.218. The fraction of sp³-hybridized carbons (Fsp3) is 0.600. The van der Waals surface area contributed by atoms with Crippen LogP contribution in [0.5, 0.6) is 0 Å². The zero-order valence-corrected chi connectivity index (χ0v) is 12.9. The van der Waals surface area contributed by atoms with Gasteiger partial charge in [-0.15, -0.1) is 0 Å². The van der Waals surface area contributed by atoms with Gasteiger partial charge < -0.3 is 5.32 Å². The standard InChI is InChI=1S/C15H21ClFNS/c1-18-12(10-19-13-6-2-3-7-13)9-11-5-4-8-14(16)15(11)17/h4-5,8,12-13,18H,2-3,6-7,9-10H2,1H3. The molecule has 106 valence electrons. The van der Waals surface area contributed by atoms with E-state index in [4.69, 9.17) is 11.6 Å². The molecule has 1 unspecified atom stereocenters. The summed E-state index contributed by atoms with van der Waals surface area (Å²) in [5, 5.41) is 4.31. The first-order valence-electron chi connectivity index (χ1n) is 6.92. The minimum Gasteiger partial charge on any atom is -0.316 e. The predicted octanol–water partition coefficient (Wildman–Crippen LogP) is 4.29. The molecule has 0 aromatic heterocycles. The molecule has 1 aromatic carbocycles. The highest BCUT2D eigenvalue weighted by Gasteiger charge is 2.18. The van der Waals surface area contributed by atoms with Crippen LogP contribution in [0, 0.1) is 5.82 Å². The largest absolute Gasteiger partial charge is 0.316 e. The van der Waals surface area contributed by atoms with Gasteiger partial charge in [0.2, 0.25) is 0 Å². The van der Waals surface area contributed by atoms with Crippen molar-refractivity contribution in [3.05, 3.63) is 34.6 Å². The van der Waals surface area contributed by atoms with Crippen LogP contribution in [0.3, 0.4) is 0 Å². The zero-order valence-electron chi connectivity index (χ0n) is 11.3. The lowest BCUT2D eigenvalue weighted by molar-refractivity contribution is 0.568. The van der Waals surface area contributed by atoms with Gasteiger partial charge in [0.15, 0.2) is 0 Å². The van der Waals surface area contributed by atoms with Crippen LogP contribution >= 0.6 is 23.4 Å². The molecular weight excluding hydrogens is 281 g/mol. The highest BCUT2D eigenvalue weighted by atomic mass is 35.5. The first-order chi connectivity index (χ1) is 9.20. The highest BCUT2D eigenvalue weighted by molar-refractivity contribution is 7.99. The van der Waals surface area contributed by atoms with Crippen LogP contribution in [0.15, 0.2) is 18.2 Å². The van der Waals surface area contributed by atoms with Gasteiger partial charge in [0.1, 0.15) is 5.82 Å². The van der Waals surface area contributed by atoms with Crippen LogP contribution < -0.4 is 5.32 Å². The van der Waals surface area contributed by atoms with E-state index in [1.165, 1.54) is 25.7 Å². The third-order valence-corrected chi connectivity index (χ3v) is 5.57. The summed E-state index contributed by atoms with van der Waals surface area (Å²) < 4.78 is 13.9. The lowest BCUT2D eigenvalue weighted by atomic mass is 10.1. The first-order valence-corrected chi connectivity index (χ1v) is 8.35. The molecule has 1 aliphatic carbocycles. The second-order valence-electron chi connectivity index (χ2n) is 5.14. The normalized spacial score (nSPS) is 17.8. The van der Waals surface area contributed by atoms with Crippen molar-refractivity contribution < 1.29 is 4.39 Å². The van der Waals surface area contributed by atoms with Gasteiger partial charge in [-0.1, -0.05) is 36.6 Å². The van der Waals surface area contributed by atoms with E-state index in [1.807, 2.05) is 30.9 Å². The van der Waals surface area contributed by atoms with Gasteiger partial charge in [-0.25, -0.2) is 4.39 Å². The predicted molar refractivity (Wildman–Crippen MR) is 82.7 cm³/mol. The summed E-state index contributed by atoms with van der Waals surface area (Å²) in [4.78, 5) is 0. The minimum atomic E-state index is -0.268. The Hall–Kier alpha value is -0.250. The highest BCUT2D eigenvalue weighted by Crippen LogP contribution is 2.30. The van der Waals surface area contributed by atoms with Crippen molar-refractivity contribution in [2.45, 2.75) is 43.4 Å². The second-order valence-corrected chi connectivity index (χ2v) is 6.88. The van der Waals surface area contributed by atoms with Gasteiger partial charge in [-0.05, 0) is 37.9 Å². The smallest absolute Gasteiger partial charge is 0.145 e. The molecule has 0 radical (unpaired) electrons. The molecule has 1 fully saturated rings. The van der Waals surface area contributed by atoms with E-state index >= 15 is 0 Å². The maximum absolute atomic E-state index is 13.9. The lowest BCUT2D eigenvalue weighted by Crippen LogP contribution is -2.31. The van der Waals surface area contributed by atoms with Crippen LogP contribution in [-0.4, -0.2) is 24.1 Å². The molecule has 4 heteroatoms. The van der Waals surface area contributed by atoms with E-state index in [2.05, 4.69) is 5.32 Å². The fourth-order valence-electron chi connectivity index (χ4n) is 2.52. The van der Waals surface area contributed by atoms with Crippen LogP contribution in [0.25, 0.3) is 0 Å². The second kappa shape index (κ2) is 7.51. The number of hydrogen-bond acceptors (Lipinski definition) is 2. The summed E-state index contributed by atoms with van der Waals surface area (Å²) in [6.45, 7) is 0. The molecule has 2 rings (SSSR count). The number of nitrogens with one attached hydrogen (secondary N) is 1. The maximum Gasteiger partial charge on any atom is 0.145 e. The number of hydrogen-bond donors (Lipinski definition) is 1. The third kappa shape index (κ3) is 4.37. The molecule has 0 saturated heterocycles. The molecule has 19 heavy (non-hydrogen) atoms. The Kier molecular flexibility index (Phi) is 5.99. The van der Waals surface area contributed by atoms with Gasteiger partial charge in [0, 0.05) is 17.0 Å². The molecule has 1 saturated carbocycles. The van der Waals surface area contributed by atoms with E-state index in [-0.39, 0.29) is 10.8 Å². The van der Waals surface area contributed by atoms with Gasteiger partial charge in [0.25, 0.3) is 0 Å². The van der Waals surface area contributed by atoms with Crippen LogP contribution in [0.1, 0.15) is 31.2 Å². The zero-order chi connectivity index (χ0) is 13.7. The number of likely N-dealkylation sites (N-methyl/N-ethyl adjacent to an activating group) is 1. The maximum atomic E-state index is 13.9. The van der Waals surface area contributed by atoms with Crippen molar-refractivity contribution in [1.29, 1.82) is 0 Å². The van der Waals surface area contributed by atoms with Crippen molar-refractivity contribution in [2.75, 3.05) is 12.8 Å². The summed E-state index contributed by atoms with van der Waals surface area (Å²) in [6, 6.07) is 5.55. The summed E-state index contributed by atoms with van der Waals surface area (Å²) in [7, 11) is 1.95. The Morgan fingerprint density at radius 2 is 2.16 bits per heavy atom. The van der Waals surface area contributed by atoms with Crippen molar-refractivity contribution in [1.82, 2.24) is 5.32 Å². The Morgan fingerprint density at radius 1 is 1.42 bits per heavy atom. The van der Waals surface area contributed by atoms with E-state index in [0.717, 1.165) is 11.0 Å².